The number of hydrogen-bond donors (Lipinski definition) is 1. The Hall–Kier alpha value is -1.87. The Kier molecular flexibility index (Phi) is 3.93. The molecule has 21 heavy (non-hydrogen) atoms. The third kappa shape index (κ3) is 2.79. The summed E-state index contributed by atoms with van der Waals surface area (Å²) in [5, 5.41) is 0. The predicted molar refractivity (Wildman–Crippen MR) is 82.0 cm³/mol. The quantitative estimate of drug-likeness (QED) is 0.916. The second-order valence-electron chi connectivity index (χ2n) is 5.66. The number of rotatable bonds is 4. The number of hydrogen-bond acceptors (Lipinski definition) is 2. The summed E-state index contributed by atoms with van der Waals surface area (Å²) in [6.07, 6.45) is 3.79. The Morgan fingerprint density at radius 3 is 2.62 bits per heavy atom. The number of nitrogens with two attached hydrogens (primary N) is 1. The van der Waals surface area contributed by atoms with Gasteiger partial charge in [0.15, 0.2) is 0 Å². The first-order valence-electron chi connectivity index (χ1n) is 7.38. The van der Waals surface area contributed by atoms with Gasteiger partial charge in [0.2, 0.25) is 0 Å². The second kappa shape index (κ2) is 5.86. The summed E-state index contributed by atoms with van der Waals surface area (Å²) in [6.45, 7) is 0. The molecule has 0 aromatic heterocycles. The molecule has 3 heteroatoms. The average Bonchev–Trinajstić information content (AvgIpc) is 2.45. The summed E-state index contributed by atoms with van der Waals surface area (Å²) in [5.74, 6) is 0.834. The normalized spacial score (nSPS) is 16.3. The standard InChI is InChI=1S/C18H20FNO/c1-21-15-8-9-16(17(19)11-15)18(20)14-7-3-6-13(10-14)12-4-2-5-12/h3,6-12,18H,2,4-5,20H2,1H3. The van der Waals surface area contributed by atoms with E-state index in [0.717, 1.165) is 5.56 Å². The van der Waals surface area contributed by atoms with E-state index in [-0.39, 0.29) is 5.82 Å². The van der Waals surface area contributed by atoms with Crippen molar-refractivity contribution in [1.82, 2.24) is 0 Å². The minimum Gasteiger partial charge on any atom is -0.497 e. The van der Waals surface area contributed by atoms with E-state index in [2.05, 4.69) is 12.1 Å². The van der Waals surface area contributed by atoms with Gasteiger partial charge < -0.3 is 10.5 Å². The first-order valence-corrected chi connectivity index (χ1v) is 7.38. The lowest BCUT2D eigenvalue weighted by atomic mass is 9.79. The smallest absolute Gasteiger partial charge is 0.132 e. The molecule has 0 radical (unpaired) electrons. The van der Waals surface area contributed by atoms with Gasteiger partial charge in [-0.2, -0.15) is 0 Å². The molecule has 1 fully saturated rings. The predicted octanol–water partition coefficient (Wildman–Crippen LogP) is 4.15. The van der Waals surface area contributed by atoms with E-state index in [0.29, 0.717) is 17.2 Å². The van der Waals surface area contributed by atoms with Crippen LogP contribution in [0.3, 0.4) is 0 Å². The van der Waals surface area contributed by atoms with Crippen LogP contribution < -0.4 is 10.5 Å². The number of methoxy groups -OCH3 is 1. The third-order valence-electron chi connectivity index (χ3n) is 4.39. The lowest BCUT2D eigenvalue weighted by molar-refractivity contribution is 0.410. The van der Waals surface area contributed by atoms with E-state index in [1.165, 1.54) is 38.0 Å². The monoisotopic (exact) mass is 285 g/mol. The topological polar surface area (TPSA) is 35.2 Å². The molecular weight excluding hydrogens is 265 g/mol. The molecule has 2 nitrogen and oxygen atoms in total. The first-order chi connectivity index (χ1) is 10.2. The molecule has 1 unspecified atom stereocenters. The summed E-state index contributed by atoms with van der Waals surface area (Å²) in [4.78, 5) is 0. The maximum atomic E-state index is 14.1. The lowest BCUT2D eigenvalue weighted by Gasteiger charge is -2.26. The molecular formula is C18H20FNO. The summed E-state index contributed by atoms with van der Waals surface area (Å²) < 4.78 is 19.2. The number of halogens is 1. The Bertz CT molecular complexity index is 637. The molecule has 1 saturated carbocycles. The second-order valence-corrected chi connectivity index (χ2v) is 5.66. The van der Waals surface area contributed by atoms with Gasteiger partial charge in [-0.15, -0.1) is 0 Å². The zero-order valence-corrected chi connectivity index (χ0v) is 12.2. The van der Waals surface area contributed by atoms with Crippen LogP contribution in [0.4, 0.5) is 4.39 Å². The zero-order valence-electron chi connectivity index (χ0n) is 12.2. The van der Waals surface area contributed by atoms with Gasteiger partial charge in [-0.3, -0.25) is 0 Å². The highest BCUT2D eigenvalue weighted by atomic mass is 19.1. The lowest BCUT2D eigenvalue weighted by Crippen LogP contribution is -2.15. The van der Waals surface area contributed by atoms with Crippen LogP contribution in [0.25, 0.3) is 0 Å². The first kappa shape index (κ1) is 14.1. The van der Waals surface area contributed by atoms with Crippen LogP contribution in [-0.4, -0.2) is 7.11 Å². The minimum absolute atomic E-state index is 0.323. The van der Waals surface area contributed by atoms with Crippen LogP contribution in [0, 0.1) is 5.82 Å². The molecule has 3 rings (SSSR count). The zero-order chi connectivity index (χ0) is 14.8. The highest BCUT2D eigenvalue weighted by Crippen LogP contribution is 2.37. The molecule has 0 aliphatic heterocycles. The average molecular weight is 285 g/mol. The molecule has 2 aromatic carbocycles. The maximum absolute atomic E-state index is 14.1. The van der Waals surface area contributed by atoms with Crippen molar-refractivity contribution >= 4 is 0 Å². The SMILES string of the molecule is COc1ccc(C(N)c2cccc(C3CCC3)c2)c(F)c1. The number of ether oxygens (including phenoxy) is 1. The molecule has 0 spiro atoms. The summed E-state index contributed by atoms with van der Waals surface area (Å²) >= 11 is 0. The van der Waals surface area contributed by atoms with Crippen LogP contribution in [0.5, 0.6) is 5.75 Å². The van der Waals surface area contributed by atoms with Gasteiger partial charge in [0.1, 0.15) is 11.6 Å². The molecule has 1 aliphatic rings. The van der Waals surface area contributed by atoms with Gasteiger partial charge >= 0.3 is 0 Å². The van der Waals surface area contributed by atoms with Crippen molar-refractivity contribution in [3.8, 4) is 5.75 Å². The van der Waals surface area contributed by atoms with Crippen LogP contribution >= 0.6 is 0 Å². The fraction of sp³-hybridized carbons (Fsp3) is 0.333. The summed E-state index contributed by atoms with van der Waals surface area (Å²) in [7, 11) is 1.52. The van der Waals surface area contributed by atoms with E-state index in [9.17, 15) is 4.39 Å². The highest BCUT2D eigenvalue weighted by molar-refractivity contribution is 5.38. The molecule has 0 saturated heterocycles. The minimum atomic E-state index is -0.448. The van der Waals surface area contributed by atoms with Crippen molar-refractivity contribution in [3.63, 3.8) is 0 Å². The van der Waals surface area contributed by atoms with E-state index in [4.69, 9.17) is 10.5 Å². The van der Waals surface area contributed by atoms with E-state index >= 15 is 0 Å². The van der Waals surface area contributed by atoms with Crippen molar-refractivity contribution in [2.24, 2.45) is 5.73 Å². The van der Waals surface area contributed by atoms with E-state index in [1.54, 1.807) is 12.1 Å². The van der Waals surface area contributed by atoms with Crippen molar-refractivity contribution in [1.29, 1.82) is 0 Å². The van der Waals surface area contributed by atoms with Crippen molar-refractivity contribution in [3.05, 3.63) is 65.0 Å². The molecule has 1 aliphatic carbocycles. The molecule has 0 bridgehead atoms. The van der Waals surface area contributed by atoms with Gasteiger partial charge in [-0.05, 0) is 36.0 Å². The Balaban J connectivity index is 1.89. The number of benzene rings is 2. The molecule has 0 heterocycles. The van der Waals surface area contributed by atoms with Gasteiger partial charge in [0, 0.05) is 11.6 Å². The van der Waals surface area contributed by atoms with E-state index in [1.807, 2.05) is 12.1 Å². The van der Waals surface area contributed by atoms with Gasteiger partial charge in [0.05, 0.1) is 13.2 Å². The van der Waals surface area contributed by atoms with Crippen LogP contribution in [0.2, 0.25) is 0 Å². The molecule has 110 valence electrons. The Labute approximate surface area is 124 Å². The summed E-state index contributed by atoms with van der Waals surface area (Å²) in [5.41, 5.74) is 9.04. The Morgan fingerprint density at radius 1 is 1.19 bits per heavy atom. The third-order valence-corrected chi connectivity index (χ3v) is 4.39. The van der Waals surface area contributed by atoms with Gasteiger partial charge in [-0.25, -0.2) is 4.39 Å². The van der Waals surface area contributed by atoms with Crippen LogP contribution in [-0.2, 0) is 0 Å². The largest absolute Gasteiger partial charge is 0.497 e. The molecule has 1 atom stereocenters. The Morgan fingerprint density at radius 2 is 2.00 bits per heavy atom. The van der Waals surface area contributed by atoms with Gasteiger partial charge in [-0.1, -0.05) is 36.8 Å². The highest BCUT2D eigenvalue weighted by Gasteiger charge is 2.21. The molecule has 2 N–H and O–H groups in total. The van der Waals surface area contributed by atoms with E-state index < -0.39 is 6.04 Å². The fourth-order valence-electron chi connectivity index (χ4n) is 2.81. The van der Waals surface area contributed by atoms with Gasteiger partial charge in [0.25, 0.3) is 0 Å². The fourth-order valence-corrected chi connectivity index (χ4v) is 2.81. The summed E-state index contributed by atoms with van der Waals surface area (Å²) in [6, 6.07) is 12.6. The molecule has 2 aromatic rings. The van der Waals surface area contributed by atoms with Crippen molar-refractivity contribution in [2.75, 3.05) is 7.11 Å². The van der Waals surface area contributed by atoms with Crippen LogP contribution in [0.15, 0.2) is 42.5 Å². The van der Waals surface area contributed by atoms with Crippen molar-refractivity contribution < 1.29 is 9.13 Å². The maximum Gasteiger partial charge on any atom is 0.132 e. The van der Waals surface area contributed by atoms with Crippen molar-refractivity contribution in [2.45, 2.75) is 31.2 Å². The molecule has 0 amide bonds. The van der Waals surface area contributed by atoms with Crippen LogP contribution in [0.1, 0.15) is 47.9 Å².